The first kappa shape index (κ1) is 9.45. The summed E-state index contributed by atoms with van der Waals surface area (Å²) in [5.74, 6) is 0.795. The highest BCUT2D eigenvalue weighted by atomic mass is 79.9. The van der Waals surface area contributed by atoms with E-state index in [1.807, 2.05) is 0 Å². The van der Waals surface area contributed by atoms with Gasteiger partial charge in [-0.2, -0.15) is 0 Å². The third kappa shape index (κ3) is 2.17. The number of halogens is 1. The van der Waals surface area contributed by atoms with Gasteiger partial charge in [0.25, 0.3) is 0 Å². The molecule has 0 unspecified atom stereocenters. The van der Waals surface area contributed by atoms with Gasteiger partial charge >= 0.3 is 0 Å². The Kier molecular flexibility index (Phi) is 3.47. The second kappa shape index (κ2) is 4.40. The smallest absolute Gasteiger partial charge is 0.225 e. The molecule has 66 valence electrons. The summed E-state index contributed by atoms with van der Waals surface area (Å²) in [5.41, 5.74) is 0. The number of rotatable bonds is 3. The lowest BCUT2D eigenvalue weighted by molar-refractivity contribution is 0.820. The molecule has 0 N–H and O–H groups in total. The molecule has 1 rings (SSSR count). The van der Waals surface area contributed by atoms with Crippen LogP contribution in [0.25, 0.3) is 0 Å². The van der Waals surface area contributed by atoms with Crippen molar-refractivity contribution in [2.45, 2.75) is 13.8 Å². The fraction of sp³-hybridized carbons (Fsp3) is 0.500. The molecule has 0 saturated carbocycles. The Labute approximate surface area is 81.0 Å². The summed E-state index contributed by atoms with van der Waals surface area (Å²) in [5, 5.41) is 0. The first-order chi connectivity index (χ1) is 5.77. The van der Waals surface area contributed by atoms with E-state index in [2.05, 4.69) is 44.6 Å². The molecule has 1 aromatic heterocycles. The van der Waals surface area contributed by atoms with Crippen LogP contribution in [0.15, 0.2) is 16.9 Å². The van der Waals surface area contributed by atoms with Crippen molar-refractivity contribution in [3.05, 3.63) is 16.9 Å². The molecule has 0 atom stereocenters. The Balaban J connectivity index is 2.80. The largest absolute Gasteiger partial charge is 0.341 e. The topological polar surface area (TPSA) is 29.0 Å². The first-order valence-electron chi connectivity index (χ1n) is 4.00. The maximum atomic E-state index is 4.19. The summed E-state index contributed by atoms with van der Waals surface area (Å²) < 4.78 is 0.915. The fourth-order valence-corrected chi connectivity index (χ4v) is 1.18. The molecule has 0 amide bonds. The molecule has 0 aromatic carbocycles. The molecule has 0 fully saturated rings. The quantitative estimate of drug-likeness (QED) is 0.796. The molecule has 0 bridgehead atoms. The van der Waals surface area contributed by atoms with Crippen LogP contribution in [0.3, 0.4) is 0 Å². The van der Waals surface area contributed by atoms with Crippen LogP contribution in [-0.2, 0) is 0 Å². The van der Waals surface area contributed by atoms with E-state index >= 15 is 0 Å². The van der Waals surface area contributed by atoms with E-state index in [1.54, 1.807) is 12.4 Å². The lowest BCUT2D eigenvalue weighted by Crippen LogP contribution is -2.23. The first-order valence-corrected chi connectivity index (χ1v) is 4.79. The third-order valence-corrected chi connectivity index (χ3v) is 2.06. The number of hydrogen-bond donors (Lipinski definition) is 0. The average molecular weight is 230 g/mol. The highest BCUT2D eigenvalue weighted by Gasteiger charge is 2.02. The minimum absolute atomic E-state index is 0.795. The predicted molar refractivity (Wildman–Crippen MR) is 53.3 cm³/mol. The maximum Gasteiger partial charge on any atom is 0.225 e. The van der Waals surface area contributed by atoms with Crippen molar-refractivity contribution in [2.24, 2.45) is 0 Å². The summed E-state index contributed by atoms with van der Waals surface area (Å²) in [4.78, 5) is 10.5. The fourth-order valence-electron chi connectivity index (χ4n) is 0.975. The van der Waals surface area contributed by atoms with Crippen LogP contribution in [0.1, 0.15) is 13.8 Å². The second-order valence-corrected chi connectivity index (χ2v) is 3.29. The zero-order chi connectivity index (χ0) is 8.97. The molecule has 0 aliphatic heterocycles. The van der Waals surface area contributed by atoms with Gasteiger partial charge in [-0.1, -0.05) is 0 Å². The molecule has 0 saturated heterocycles. The average Bonchev–Trinajstić information content (AvgIpc) is 2.10. The molecule has 0 aliphatic carbocycles. The van der Waals surface area contributed by atoms with Crippen LogP contribution in [-0.4, -0.2) is 23.1 Å². The van der Waals surface area contributed by atoms with E-state index < -0.39 is 0 Å². The summed E-state index contributed by atoms with van der Waals surface area (Å²) in [6, 6.07) is 0. The van der Waals surface area contributed by atoms with Gasteiger partial charge in [-0.25, -0.2) is 9.97 Å². The molecule has 12 heavy (non-hydrogen) atoms. The zero-order valence-electron chi connectivity index (χ0n) is 7.29. The van der Waals surface area contributed by atoms with Crippen LogP contribution in [0.4, 0.5) is 5.95 Å². The number of nitrogens with zero attached hydrogens (tertiary/aromatic N) is 3. The Morgan fingerprint density at radius 2 is 1.75 bits per heavy atom. The van der Waals surface area contributed by atoms with Crippen LogP contribution in [0, 0.1) is 0 Å². The minimum Gasteiger partial charge on any atom is -0.341 e. The molecule has 0 radical (unpaired) electrons. The highest BCUT2D eigenvalue weighted by Crippen LogP contribution is 2.09. The number of aromatic nitrogens is 2. The Hall–Kier alpha value is -0.640. The predicted octanol–water partition coefficient (Wildman–Crippen LogP) is 2.09. The van der Waals surface area contributed by atoms with E-state index in [-0.39, 0.29) is 0 Å². The Morgan fingerprint density at radius 3 is 2.17 bits per heavy atom. The van der Waals surface area contributed by atoms with E-state index in [4.69, 9.17) is 0 Å². The molecule has 3 nitrogen and oxygen atoms in total. The molecule has 4 heteroatoms. The molecule has 1 heterocycles. The van der Waals surface area contributed by atoms with Crippen molar-refractivity contribution >= 4 is 21.9 Å². The van der Waals surface area contributed by atoms with Crippen molar-refractivity contribution < 1.29 is 0 Å². The van der Waals surface area contributed by atoms with E-state index in [0.29, 0.717) is 0 Å². The van der Waals surface area contributed by atoms with Gasteiger partial charge < -0.3 is 4.90 Å². The molecule has 0 aliphatic rings. The van der Waals surface area contributed by atoms with Gasteiger partial charge in [-0.05, 0) is 29.8 Å². The summed E-state index contributed by atoms with van der Waals surface area (Å²) in [7, 11) is 0. The van der Waals surface area contributed by atoms with Crippen molar-refractivity contribution in [3.8, 4) is 0 Å². The maximum absolute atomic E-state index is 4.19. The summed E-state index contributed by atoms with van der Waals surface area (Å²) in [6.07, 6.45) is 3.53. The van der Waals surface area contributed by atoms with Crippen molar-refractivity contribution in [2.75, 3.05) is 18.0 Å². The SMILES string of the molecule is CCN(CC)c1ncc(Br)cn1. The van der Waals surface area contributed by atoms with Gasteiger partial charge in [0.05, 0.1) is 4.47 Å². The number of anilines is 1. The van der Waals surface area contributed by atoms with E-state index in [0.717, 1.165) is 23.5 Å². The van der Waals surface area contributed by atoms with Gasteiger partial charge in [0.1, 0.15) is 0 Å². The van der Waals surface area contributed by atoms with Crippen molar-refractivity contribution in [1.82, 2.24) is 9.97 Å². The second-order valence-electron chi connectivity index (χ2n) is 2.37. The Morgan fingerprint density at radius 1 is 1.25 bits per heavy atom. The minimum atomic E-state index is 0.795. The molecular weight excluding hydrogens is 218 g/mol. The van der Waals surface area contributed by atoms with Crippen molar-refractivity contribution in [1.29, 1.82) is 0 Å². The lowest BCUT2D eigenvalue weighted by Gasteiger charge is -2.17. The van der Waals surface area contributed by atoms with Gasteiger partial charge in [0, 0.05) is 25.5 Å². The number of hydrogen-bond acceptors (Lipinski definition) is 3. The van der Waals surface area contributed by atoms with Crippen LogP contribution in [0.5, 0.6) is 0 Å². The van der Waals surface area contributed by atoms with Gasteiger partial charge in [0.15, 0.2) is 0 Å². The zero-order valence-corrected chi connectivity index (χ0v) is 8.87. The highest BCUT2D eigenvalue weighted by molar-refractivity contribution is 9.10. The van der Waals surface area contributed by atoms with Gasteiger partial charge in [0.2, 0.25) is 5.95 Å². The van der Waals surface area contributed by atoms with Crippen LogP contribution < -0.4 is 4.90 Å². The lowest BCUT2D eigenvalue weighted by atomic mass is 10.5. The molecule has 0 spiro atoms. The van der Waals surface area contributed by atoms with E-state index in [1.165, 1.54) is 0 Å². The molecule has 1 aromatic rings. The summed E-state index contributed by atoms with van der Waals surface area (Å²) >= 11 is 3.29. The van der Waals surface area contributed by atoms with E-state index in [9.17, 15) is 0 Å². The third-order valence-electron chi connectivity index (χ3n) is 1.65. The van der Waals surface area contributed by atoms with Gasteiger partial charge in [-0.15, -0.1) is 0 Å². The molecular formula is C8H12BrN3. The standard InChI is InChI=1S/C8H12BrN3/c1-3-12(4-2)8-10-5-7(9)6-11-8/h5-6H,3-4H2,1-2H3. The normalized spacial score (nSPS) is 9.92. The van der Waals surface area contributed by atoms with Gasteiger partial charge in [-0.3, -0.25) is 0 Å². The monoisotopic (exact) mass is 229 g/mol. The van der Waals surface area contributed by atoms with Crippen LogP contribution >= 0.6 is 15.9 Å². The van der Waals surface area contributed by atoms with Crippen molar-refractivity contribution in [3.63, 3.8) is 0 Å². The summed E-state index contributed by atoms with van der Waals surface area (Å²) in [6.45, 7) is 6.07. The Bertz CT molecular complexity index is 231. The van der Waals surface area contributed by atoms with Crippen LogP contribution in [0.2, 0.25) is 0 Å².